The average molecular weight is 871 g/mol. The van der Waals surface area contributed by atoms with Crippen LogP contribution in [0.25, 0.3) is 22.1 Å². The summed E-state index contributed by atoms with van der Waals surface area (Å²) in [7, 11) is -4.84. The first-order valence-electron chi connectivity index (χ1n) is 16.7. The number of nitrogens with one attached hydrogen (secondary N) is 1. The highest BCUT2D eigenvalue weighted by atomic mass is 79.9. The van der Waals surface area contributed by atoms with Crippen LogP contribution in [0.1, 0.15) is 39.3 Å². The number of aromatic nitrogens is 6. The van der Waals surface area contributed by atoms with E-state index in [0.29, 0.717) is 21.2 Å². The van der Waals surface area contributed by atoms with Crippen molar-refractivity contribution in [1.29, 1.82) is 0 Å². The molecule has 6 heterocycles. The number of anilines is 1. The van der Waals surface area contributed by atoms with Crippen molar-refractivity contribution in [1.82, 2.24) is 38.7 Å². The number of halogens is 2. The molecule has 7 rings (SSSR count). The standard InChI is InChI=1S/C31H33BrClN9O12S/c1-31(2)53-23-21(51-28(24(23)54-31)42-13-38-22-25(34)35-11-36-26(22)42)10-50-55(48,49)39-29(45)52-20-4-3-5-41(30(46)47)19(20)6-14(43)9-40-12-37-18-8-16(32)17(33)7-15(18)27(40)44/h7-8,11-13,19-21,23-24,28H,3-6,9-10H2,1-2H3,(H,39,45)(H,46,47)(H2,34,35,36)/t19-,20+,21+,23+,24+,28+/m0/s1. The van der Waals surface area contributed by atoms with Gasteiger partial charge in [-0.05, 0) is 54.8 Å². The number of carbonyl (C=O) groups is 3. The van der Waals surface area contributed by atoms with Crippen LogP contribution in [0.15, 0.2) is 40.4 Å². The minimum atomic E-state index is -4.84. The lowest BCUT2D eigenvalue weighted by Gasteiger charge is -2.38. The number of imidazole rings is 1. The quantitative estimate of drug-likeness (QED) is 0.206. The Hall–Kier alpha value is -4.52. The van der Waals surface area contributed by atoms with E-state index in [1.165, 1.54) is 25.0 Å². The SMILES string of the molecule is CC1(C)O[C@@H]2[C@H](O1)[C@@H](COS(=O)(=O)NC(=O)O[C@@H]1CCCN(C(=O)O)[C@H]1CC(=O)Cn1cnc3cc(Br)c(Cl)cc3c1=O)O[C@H]2n1cnc2c(N)ncnc21. The fourth-order valence-electron chi connectivity index (χ4n) is 6.92. The van der Waals surface area contributed by atoms with E-state index in [1.807, 2.05) is 0 Å². The van der Waals surface area contributed by atoms with Crippen LogP contribution in [0.2, 0.25) is 5.02 Å². The summed E-state index contributed by atoms with van der Waals surface area (Å²) in [6, 6.07) is 1.76. The lowest BCUT2D eigenvalue weighted by Crippen LogP contribution is -2.54. The number of likely N-dealkylation sites (tertiary alicyclic amines) is 1. The Morgan fingerprint density at radius 1 is 1.15 bits per heavy atom. The van der Waals surface area contributed by atoms with Crippen LogP contribution < -0.4 is 16.0 Å². The van der Waals surface area contributed by atoms with Crippen molar-refractivity contribution in [2.45, 2.75) is 82.1 Å². The van der Waals surface area contributed by atoms with E-state index in [2.05, 4.69) is 35.9 Å². The van der Waals surface area contributed by atoms with Crippen LogP contribution in [-0.4, -0.2) is 115 Å². The fraction of sp³-hybridized carbons (Fsp3) is 0.484. The summed E-state index contributed by atoms with van der Waals surface area (Å²) in [5.41, 5.74) is 6.37. The van der Waals surface area contributed by atoms with Crippen LogP contribution >= 0.6 is 27.5 Å². The smallest absolute Gasteiger partial charge is 0.423 e. The number of benzene rings is 1. The van der Waals surface area contributed by atoms with Crippen molar-refractivity contribution >= 4 is 83.7 Å². The molecule has 0 saturated carbocycles. The maximum absolute atomic E-state index is 13.3. The summed E-state index contributed by atoms with van der Waals surface area (Å²) < 4.78 is 59.4. The van der Waals surface area contributed by atoms with Crippen LogP contribution in [0.5, 0.6) is 0 Å². The topological polar surface area (TPSA) is 272 Å². The van der Waals surface area contributed by atoms with Crippen LogP contribution in [-0.2, 0) is 44.8 Å². The Kier molecular flexibility index (Phi) is 10.5. The number of ketones is 1. The number of hydrogen-bond acceptors (Lipinski definition) is 16. The third-order valence-corrected chi connectivity index (χ3v) is 11.3. The van der Waals surface area contributed by atoms with Gasteiger partial charge in [-0.25, -0.2) is 29.5 Å². The van der Waals surface area contributed by atoms with Crippen molar-refractivity contribution in [2.24, 2.45) is 0 Å². The van der Waals surface area contributed by atoms with Crippen LogP contribution in [0.4, 0.5) is 15.4 Å². The number of hydrogen-bond donors (Lipinski definition) is 3. The zero-order chi connectivity index (χ0) is 39.4. The molecule has 3 saturated heterocycles. The Morgan fingerprint density at radius 2 is 1.91 bits per heavy atom. The summed E-state index contributed by atoms with van der Waals surface area (Å²) in [6.45, 7) is 2.27. The van der Waals surface area contributed by atoms with E-state index in [0.717, 1.165) is 9.47 Å². The molecule has 294 valence electrons. The van der Waals surface area contributed by atoms with Crippen LogP contribution in [0.3, 0.4) is 0 Å². The molecule has 1 aromatic carbocycles. The maximum atomic E-state index is 13.3. The van der Waals surface area contributed by atoms with Gasteiger partial charge in [-0.2, -0.15) is 13.1 Å². The predicted octanol–water partition coefficient (Wildman–Crippen LogP) is 2.11. The van der Waals surface area contributed by atoms with Gasteiger partial charge in [0.2, 0.25) is 0 Å². The van der Waals surface area contributed by atoms with Gasteiger partial charge in [-0.15, -0.1) is 0 Å². The number of carboxylic acid groups (broad SMARTS) is 1. The normalized spacial score (nSPS) is 24.9. The third-order valence-electron chi connectivity index (χ3n) is 9.25. The molecule has 0 aliphatic carbocycles. The number of rotatable bonds is 10. The van der Waals surface area contributed by atoms with E-state index < -0.39 is 95.9 Å². The second kappa shape index (κ2) is 14.9. The molecule has 21 nitrogen and oxygen atoms in total. The van der Waals surface area contributed by atoms with Gasteiger partial charge in [-0.1, -0.05) is 11.6 Å². The molecular weight excluding hydrogens is 838 g/mol. The highest BCUT2D eigenvalue weighted by molar-refractivity contribution is 9.10. The molecular formula is C31H33BrClN9O12S. The molecule has 24 heteroatoms. The monoisotopic (exact) mass is 869 g/mol. The first kappa shape index (κ1) is 38.7. The molecule has 55 heavy (non-hydrogen) atoms. The number of piperidine rings is 1. The molecule has 3 aliphatic rings. The summed E-state index contributed by atoms with van der Waals surface area (Å²) in [6.07, 6.45) is -3.83. The molecule has 2 amide bonds. The number of fused-ring (bicyclic) bond motifs is 3. The minimum absolute atomic E-state index is 0.0172. The molecule has 6 atom stereocenters. The lowest BCUT2D eigenvalue weighted by atomic mass is 9.94. The first-order valence-corrected chi connectivity index (χ1v) is 19.3. The molecule has 3 fully saturated rings. The number of nitrogens with zero attached hydrogens (tertiary/aromatic N) is 7. The molecule has 0 spiro atoms. The van der Waals surface area contributed by atoms with Gasteiger partial charge >= 0.3 is 22.5 Å². The second-order valence-electron chi connectivity index (χ2n) is 13.4. The number of amides is 2. The molecule has 3 aromatic heterocycles. The molecule has 0 bridgehead atoms. The van der Waals surface area contributed by atoms with Gasteiger partial charge < -0.3 is 34.7 Å². The lowest BCUT2D eigenvalue weighted by molar-refractivity contribution is -0.198. The van der Waals surface area contributed by atoms with Gasteiger partial charge in [-0.3, -0.25) is 22.9 Å². The maximum Gasteiger partial charge on any atom is 0.423 e. The number of nitrogen functional groups attached to an aromatic ring is 1. The molecule has 4 N–H and O–H groups in total. The summed E-state index contributed by atoms with van der Waals surface area (Å²) in [5, 5.41) is 10.3. The Balaban J connectivity index is 1.000. The summed E-state index contributed by atoms with van der Waals surface area (Å²) >= 11 is 9.41. The summed E-state index contributed by atoms with van der Waals surface area (Å²) in [5.74, 6) is -1.51. The second-order valence-corrected chi connectivity index (χ2v) is 16.0. The summed E-state index contributed by atoms with van der Waals surface area (Å²) in [4.78, 5) is 69.0. The van der Waals surface area contributed by atoms with E-state index >= 15 is 0 Å². The number of ether oxygens (including phenoxy) is 4. The first-order chi connectivity index (χ1) is 26.0. The van der Waals surface area contributed by atoms with Gasteiger partial charge in [0.25, 0.3) is 5.56 Å². The molecule has 0 radical (unpaired) electrons. The number of nitrogens with two attached hydrogens (primary N) is 1. The zero-order valence-corrected chi connectivity index (χ0v) is 32.1. The average Bonchev–Trinajstić information content (AvgIpc) is 3.77. The number of Topliss-reactive ketones (excluding diaryl/α,β-unsaturated/α-hetero) is 1. The Labute approximate surface area is 324 Å². The van der Waals surface area contributed by atoms with Crippen molar-refractivity contribution in [2.75, 3.05) is 18.9 Å². The van der Waals surface area contributed by atoms with Crippen molar-refractivity contribution < 1.29 is 51.0 Å². The molecule has 4 aromatic rings. The fourth-order valence-corrected chi connectivity index (χ4v) is 8.03. The van der Waals surface area contributed by atoms with Gasteiger partial charge in [0, 0.05) is 17.4 Å². The van der Waals surface area contributed by atoms with Crippen LogP contribution in [0, 0.1) is 0 Å². The minimum Gasteiger partial charge on any atom is -0.465 e. The van der Waals surface area contributed by atoms with Crippen molar-refractivity contribution in [3.8, 4) is 0 Å². The van der Waals surface area contributed by atoms with E-state index in [4.69, 9.17) is 40.5 Å². The van der Waals surface area contributed by atoms with Gasteiger partial charge in [0.05, 0.1) is 47.8 Å². The van der Waals surface area contributed by atoms with Crippen molar-refractivity contribution in [3.05, 3.63) is 51.0 Å². The molecule has 0 unspecified atom stereocenters. The zero-order valence-electron chi connectivity index (χ0n) is 28.9. The van der Waals surface area contributed by atoms with E-state index in [1.54, 1.807) is 29.2 Å². The Bertz CT molecular complexity index is 2360. The highest BCUT2D eigenvalue weighted by Gasteiger charge is 2.56. The van der Waals surface area contributed by atoms with E-state index in [-0.39, 0.29) is 35.6 Å². The van der Waals surface area contributed by atoms with E-state index in [9.17, 15) is 32.7 Å². The van der Waals surface area contributed by atoms with Gasteiger partial charge in [0.1, 0.15) is 36.3 Å². The van der Waals surface area contributed by atoms with Crippen molar-refractivity contribution in [3.63, 3.8) is 0 Å². The predicted molar refractivity (Wildman–Crippen MR) is 192 cm³/mol. The third kappa shape index (κ3) is 7.95. The highest BCUT2D eigenvalue weighted by Crippen LogP contribution is 2.44. The van der Waals surface area contributed by atoms with Gasteiger partial charge in [0.15, 0.2) is 29.3 Å². The Morgan fingerprint density at radius 3 is 2.67 bits per heavy atom. The molecule has 3 aliphatic heterocycles. The number of carbonyl (C=O) groups excluding carboxylic acids is 2. The largest absolute Gasteiger partial charge is 0.465 e.